The summed E-state index contributed by atoms with van der Waals surface area (Å²) in [6.07, 6.45) is -2.40. The highest BCUT2D eigenvalue weighted by Gasteiger charge is 2.30. The maximum atomic E-state index is 12.7. The molecule has 0 spiro atoms. The molecule has 0 radical (unpaired) electrons. The number of hydrogen-bond acceptors (Lipinski definition) is 6. The summed E-state index contributed by atoms with van der Waals surface area (Å²) in [6.45, 7) is 1.76. The van der Waals surface area contributed by atoms with Gasteiger partial charge in [-0.05, 0) is 43.3 Å². The minimum absolute atomic E-state index is 0.239. The molecule has 6 nitrogen and oxygen atoms in total. The number of benzene rings is 2. The summed E-state index contributed by atoms with van der Waals surface area (Å²) >= 11 is 0. The minimum atomic E-state index is -4.39. The Morgan fingerprint density at radius 3 is 2.43 bits per heavy atom. The summed E-state index contributed by atoms with van der Waals surface area (Å²) in [5.41, 5.74) is 0.952. The summed E-state index contributed by atoms with van der Waals surface area (Å²) in [5, 5.41) is 20.1. The maximum absolute atomic E-state index is 12.7. The second-order valence-corrected chi connectivity index (χ2v) is 6.08. The van der Waals surface area contributed by atoms with E-state index < -0.39 is 11.7 Å². The Bertz CT molecular complexity index is 992. The van der Waals surface area contributed by atoms with Crippen LogP contribution in [0, 0.1) is 11.5 Å². The molecule has 1 unspecified atom stereocenters. The molecular formula is C19H16F3N5O. The third-order valence-electron chi connectivity index (χ3n) is 4.19. The first-order chi connectivity index (χ1) is 13.3. The maximum Gasteiger partial charge on any atom is 0.416 e. The van der Waals surface area contributed by atoms with Gasteiger partial charge in [0.2, 0.25) is 11.8 Å². The quantitative estimate of drug-likeness (QED) is 0.492. The summed E-state index contributed by atoms with van der Waals surface area (Å²) in [4.78, 5) is 1.38. The normalized spacial score (nSPS) is 12.3. The third kappa shape index (κ3) is 4.06. The van der Waals surface area contributed by atoms with E-state index in [1.807, 2.05) is 6.19 Å². The van der Waals surface area contributed by atoms with E-state index in [4.69, 9.17) is 9.68 Å². The predicted molar refractivity (Wildman–Crippen MR) is 96.3 cm³/mol. The number of rotatable bonds is 5. The Hall–Kier alpha value is -3.54. The second kappa shape index (κ2) is 7.60. The number of aromatic nitrogens is 2. The van der Waals surface area contributed by atoms with Crippen molar-refractivity contribution >= 4 is 11.4 Å². The van der Waals surface area contributed by atoms with Gasteiger partial charge in [-0.2, -0.15) is 18.4 Å². The number of nitrogens with zero attached hydrogens (tertiary/aromatic N) is 4. The van der Waals surface area contributed by atoms with Crippen molar-refractivity contribution in [2.75, 3.05) is 12.4 Å². The fourth-order valence-electron chi connectivity index (χ4n) is 2.44. The number of anilines is 2. The average Bonchev–Trinajstić information content (AvgIpc) is 3.17. The smallest absolute Gasteiger partial charge is 0.416 e. The molecule has 28 heavy (non-hydrogen) atoms. The number of alkyl halides is 3. The molecule has 0 fully saturated rings. The van der Waals surface area contributed by atoms with Gasteiger partial charge >= 0.3 is 6.18 Å². The molecule has 0 amide bonds. The monoisotopic (exact) mass is 387 g/mol. The largest absolute Gasteiger partial charge is 0.418 e. The minimum Gasteiger partial charge on any atom is -0.418 e. The van der Waals surface area contributed by atoms with E-state index in [1.54, 1.807) is 38.2 Å². The van der Waals surface area contributed by atoms with Crippen LogP contribution in [0.25, 0.3) is 11.5 Å². The molecule has 0 saturated carbocycles. The summed E-state index contributed by atoms with van der Waals surface area (Å²) in [5.74, 6) is 0.520. The van der Waals surface area contributed by atoms with Crippen LogP contribution in [0.15, 0.2) is 52.9 Å². The molecule has 3 rings (SSSR count). The third-order valence-corrected chi connectivity index (χ3v) is 4.19. The molecule has 0 aliphatic carbocycles. The van der Waals surface area contributed by atoms with E-state index >= 15 is 0 Å². The molecule has 1 heterocycles. The van der Waals surface area contributed by atoms with E-state index in [0.717, 1.165) is 12.1 Å². The lowest BCUT2D eigenvalue weighted by atomic mass is 10.1. The molecule has 9 heteroatoms. The molecule has 0 aliphatic rings. The number of nitriles is 1. The Morgan fingerprint density at radius 2 is 1.79 bits per heavy atom. The zero-order valence-corrected chi connectivity index (χ0v) is 15.0. The fraction of sp³-hybridized carbons (Fsp3) is 0.211. The van der Waals surface area contributed by atoms with Crippen molar-refractivity contribution in [2.24, 2.45) is 0 Å². The van der Waals surface area contributed by atoms with Crippen molar-refractivity contribution < 1.29 is 17.6 Å². The number of para-hydroxylation sites is 1. The molecule has 144 valence electrons. The van der Waals surface area contributed by atoms with Crippen LogP contribution in [0.3, 0.4) is 0 Å². The van der Waals surface area contributed by atoms with Crippen LogP contribution in [0.4, 0.5) is 24.5 Å². The lowest BCUT2D eigenvalue weighted by Crippen LogP contribution is -2.16. The van der Waals surface area contributed by atoms with Crippen LogP contribution in [0.1, 0.15) is 24.4 Å². The van der Waals surface area contributed by atoms with Gasteiger partial charge in [-0.15, -0.1) is 10.2 Å². The van der Waals surface area contributed by atoms with Gasteiger partial charge in [0.05, 0.1) is 16.8 Å². The first-order valence-corrected chi connectivity index (χ1v) is 8.29. The molecule has 3 aromatic rings. The van der Waals surface area contributed by atoms with Crippen molar-refractivity contribution in [1.29, 1.82) is 5.26 Å². The van der Waals surface area contributed by atoms with Crippen LogP contribution in [0.2, 0.25) is 0 Å². The van der Waals surface area contributed by atoms with Crippen molar-refractivity contribution in [2.45, 2.75) is 19.1 Å². The first-order valence-electron chi connectivity index (χ1n) is 8.29. The Balaban J connectivity index is 1.86. The zero-order chi connectivity index (χ0) is 20.3. The van der Waals surface area contributed by atoms with Gasteiger partial charge in [0.1, 0.15) is 6.04 Å². The van der Waals surface area contributed by atoms with Crippen molar-refractivity contribution in [3.05, 3.63) is 60.0 Å². The molecule has 1 aromatic heterocycles. The van der Waals surface area contributed by atoms with E-state index in [2.05, 4.69) is 15.5 Å². The highest BCUT2D eigenvalue weighted by molar-refractivity contribution is 5.76. The van der Waals surface area contributed by atoms with Gasteiger partial charge in [0.15, 0.2) is 6.19 Å². The summed E-state index contributed by atoms with van der Waals surface area (Å²) in [7, 11) is 1.61. The van der Waals surface area contributed by atoms with Crippen molar-refractivity contribution in [3.8, 4) is 17.6 Å². The first kappa shape index (κ1) is 19.2. The Labute approximate surface area is 159 Å². The average molecular weight is 387 g/mol. The van der Waals surface area contributed by atoms with Crippen molar-refractivity contribution in [1.82, 2.24) is 15.1 Å². The molecule has 0 aliphatic heterocycles. The SMILES string of the molecule is CC(c1nnc(-c2ccccc2Nc2ccc(C(F)(F)F)cc2)o1)N(C)C#N. The van der Waals surface area contributed by atoms with Crippen LogP contribution >= 0.6 is 0 Å². The van der Waals surface area contributed by atoms with Crippen LogP contribution < -0.4 is 5.32 Å². The molecule has 2 aromatic carbocycles. The van der Waals surface area contributed by atoms with Gasteiger partial charge in [-0.3, -0.25) is 0 Å². The lowest BCUT2D eigenvalue weighted by Gasteiger charge is -2.14. The van der Waals surface area contributed by atoms with Crippen LogP contribution in [-0.2, 0) is 6.18 Å². The van der Waals surface area contributed by atoms with Crippen molar-refractivity contribution in [3.63, 3.8) is 0 Å². The lowest BCUT2D eigenvalue weighted by molar-refractivity contribution is -0.137. The predicted octanol–water partition coefficient (Wildman–Crippen LogP) is 4.97. The van der Waals surface area contributed by atoms with Gasteiger partial charge in [0, 0.05) is 12.7 Å². The van der Waals surface area contributed by atoms with Gasteiger partial charge in [0.25, 0.3) is 0 Å². The Kier molecular flexibility index (Phi) is 5.22. The number of hydrogen-bond donors (Lipinski definition) is 1. The molecule has 0 saturated heterocycles. The second-order valence-electron chi connectivity index (χ2n) is 6.08. The van der Waals surface area contributed by atoms with E-state index in [9.17, 15) is 13.2 Å². The summed E-state index contributed by atoms with van der Waals surface area (Å²) in [6, 6.07) is 11.4. The van der Waals surface area contributed by atoms with E-state index in [1.165, 1.54) is 17.0 Å². The van der Waals surface area contributed by atoms with Crippen LogP contribution in [0.5, 0.6) is 0 Å². The van der Waals surface area contributed by atoms with E-state index in [-0.39, 0.29) is 17.8 Å². The van der Waals surface area contributed by atoms with Gasteiger partial charge < -0.3 is 14.6 Å². The topological polar surface area (TPSA) is 78.0 Å². The van der Waals surface area contributed by atoms with Gasteiger partial charge in [-0.25, -0.2) is 0 Å². The molecule has 1 N–H and O–H groups in total. The zero-order valence-electron chi connectivity index (χ0n) is 15.0. The highest BCUT2D eigenvalue weighted by atomic mass is 19.4. The van der Waals surface area contributed by atoms with Gasteiger partial charge in [-0.1, -0.05) is 12.1 Å². The standard InChI is InChI=1S/C19H16F3N5O/c1-12(27(2)11-23)17-25-26-18(28-17)15-5-3-4-6-16(15)24-14-9-7-13(8-10-14)19(20,21)22/h3-10,12,24H,1-2H3. The number of nitrogens with one attached hydrogen (secondary N) is 1. The molecule has 0 bridgehead atoms. The summed E-state index contributed by atoms with van der Waals surface area (Å²) < 4.78 is 43.8. The number of halogens is 3. The Morgan fingerprint density at radius 1 is 1.11 bits per heavy atom. The highest BCUT2D eigenvalue weighted by Crippen LogP contribution is 2.33. The molecular weight excluding hydrogens is 371 g/mol. The molecule has 1 atom stereocenters. The van der Waals surface area contributed by atoms with Crippen LogP contribution in [-0.4, -0.2) is 22.1 Å². The fourth-order valence-corrected chi connectivity index (χ4v) is 2.44. The van der Waals surface area contributed by atoms with E-state index in [0.29, 0.717) is 16.9 Å².